The molecule has 4 heteroatoms. The summed E-state index contributed by atoms with van der Waals surface area (Å²) in [6.45, 7) is 1.90. The van der Waals surface area contributed by atoms with Crippen molar-refractivity contribution in [3.63, 3.8) is 0 Å². The van der Waals surface area contributed by atoms with Gasteiger partial charge in [0.15, 0.2) is 5.56 Å². The second-order valence-electron chi connectivity index (χ2n) is 4.97. The van der Waals surface area contributed by atoms with Crippen LogP contribution in [-0.4, -0.2) is 0 Å². The van der Waals surface area contributed by atoms with E-state index in [1.54, 1.807) is 0 Å². The fourth-order valence-corrected chi connectivity index (χ4v) is 2.79. The Morgan fingerprint density at radius 1 is 1.32 bits per heavy atom. The molecule has 96 valence electrons. The van der Waals surface area contributed by atoms with Gasteiger partial charge in [-0.3, -0.25) is 5.73 Å². The highest BCUT2D eigenvalue weighted by Crippen LogP contribution is 2.34. The number of hydrogen-bond acceptors (Lipinski definition) is 3. The number of nitriles is 1. The van der Waals surface area contributed by atoms with Crippen molar-refractivity contribution in [2.75, 3.05) is 5.73 Å². The van der Waals surface area contributed by atoms with Gasteiger partial charge < -0.3 is 4.42 Å². The number of aromatic amines is 1. The quantitative estimate of drug-likeness (QED) is 0.848. The Kier molecular flexibility index (Phi) is 2.75. The first kappa shape index (κ1) is 11.8. The van der Waals surface area contributed by atoms with Crippen molar-refractivity contribution in [2.24, 2.45) is 0 Å². The van der Waals surface area contributed by atoms with E-state index in [1.807, 2.05) is 19.1 Å². The molecule has 0 saturated heterocycles. The van der Waals surface area contributed by atoms with E-state index >= 15 is 0 Å². The average Bonchev–Trinajstić information content (AvgIpc) is 2.83. The van der Waals surface area contributed by atoms with Crippen molar-refractivity contribution in [1.82, 2.24) is 0 Å². The summed E-state index contributed by atoms with van der Waals surface area (Å²) in [5.74, 6) is 2.02. The van der Waals surface area contributed by atoms with Crippen LogP contribution >= 0.6 is 0 Å². The van der Waals surface area contributed by atoms with Gasteiger partial charge in [-0.1, -0.05) is 0 Å². The molecule has 0 amide bonds. The van der Waals surface area contributed by atoms with Crippen molar-refractivity contribution in [1.29, 1.82) is 5.26 Å². The molecule has 1 aliphatic rings. The number of nitrogens with zero attached hydrogens (tertiary/aromatic N) is 1. The van der Waals surface area contributed by atoms with Crippen molar-refractivity contribution < 1.29 is 9.40 Å². The van der Waals surface area contributed by atoms with Crippen LogP contribution in [0.1, 0.15) is 35.4 Å². The fourth-order valence-electron chi connectivity index (χ4n) is 2.79. The molecule has 19 heavy (non-hydrogen) atoms. The molecule has 0 fully saturated rings. The zero-order chi connectivity index (χ0) is 13.4. The van der Waals surface area contributed by atoms with Crippen LogP contribution in [0.15, 0.2) is 16.5 Å². The van der Waals surface area contributed by atoms with Gasteiger partial charge in [0.2, 0.25) is 0 Å². The number of nitrogens with one attached hydrogen (secondary N) is 1. The van der Waals surface area contributed by atoms with Gasteiger partial charge in [-0.25, -0.2) is 4.98 Å². The van der Waals surface area contributed by atoms with Crippen molar-refractivity contribution in [3.8, 4) is 17.4 Å². The molecule has 0 saturated carbocycles. The number of furan rings is 1. The molecule has 0 radical (unpaired) electrons. The predicted molar refractivity (Wildman–Crippen MR) is 71.2 cm³/mol. The fraction of sp³-hybridized carbons (Fsp3) is 0.333. The molecule has 0 bridgehead atoms. The lowest BCUT2D eigenvalue weighted by Gasteiger charge is -2.17. The number of aromatic nitrogens is 1. The topological polar surface area (TPSA) is 77.1 Å². The van der Waals surface area contributed by atoms with E-state index in [-0.39, 0.29) is 0 Å². The molecule has 0 unspecified atom stereocenters. The molecular formula is C15H16N3O+. The number of rotatable bonds is 1. The normalized spacial score (nSPS) is 13.9. The maximum Gasteiger partial charge on any atom is 0.289 e. The molecule has 2 aromatic rings. The van der Waals surface area contributed by atoms with E-state index in [9.17, 15) is 5.26 Å². The van der Waals surface area contributed by atoms with Gasteiger partial charge in [-0.15, -0.1) is 0 Å². The highest BCUT2D eigenvalue weighted by atomic mass is 16.3. The largest absolute Gasteiger partial charge is 0.461 e. The minimum atomic E-state index is 0.437. The van der Waals surface area contributed by atoms with E-state index in [2.05, 4.69) is 11.1 Å². The lowest BCUT2D eigenvalue weighted by molar-refractivity contribution is -0.374. The standard InChI is InChI=1S/C15H15N3O/c1-9-6-7-13(19-9)14-10-4-2-3-5-12(10)18-15(17)11(14)8-16/h6-7H,2-5H2,1H3,(H2,17,18)/p+1. The van der Waals surface area contributed by atoms with E-state index in [0.29, 0.717) is 11.4 Å². The van der Waals surface area contributed by atoms with E-state index in [0.717, 1.165) is 48.5 Å². The van der Waals surface area contributed by atoms with Crippen LogP contribution in [0.5, 0.6) is 0 Å². The number of nitrogens with two attached hydrogens (primary N) is 1. The molecule has 3 N–H and O–H groups in total. The Balaban J connectivity index is 2.31. The third-order valence-electron chi connectivity index (χ3n) is 3.67. The number of nitrogen functional groups attached to an aromatic ring is 1. The molecule has 2 aromatic heterocycles. The van der Waals surface area contributed by atoms with Crippen LogP contribution < -0.4 is 10.7 Å². The summed E-state index contributed by atoms with van der Waals surface area (Å²) in [5.41, 5.74) is 9.68. The molecule has 1 aliphatic carbocycles. The predicted octanol–water partition coefficient (Wildman–Crippen LogP) is 2.40. The SMILES string of the molecule is Cc1ccc(-c2c(C#N)c(N)[nH+]c3c2CCCC3)o1. The Morgan fingerprint density at radius 3 is 2.79 bits per heavy atom. The smallest absolute Gasteiger partial charge is 0.289 e. The molecule has 3 rings (SSSR count). The van der Waals surface area contributed by atoms with Crippen LogP contribution in [0.2, 0.25) is 0 Å². The first-order valence-electron chi connectivity index (χ1n) is 6.54. The zero-order valence-electron chi connectivity index (χ0n) is 10.9. The minimum Gasteiger partial charge on any atom is -0.461 e. The second-order valence-corrected chi connectivity index (χ2v) is 4.97. The van der Waals surface area contributed by atoms with Gasteiger partial charge in [0.25, 0.3) is 5.82 Å². The molecule has 2 heterocycles. The minimum absolute atomic E-state index is 0.437. The summed E-state index contributed by atoms with van der Waals surface area (Å²) in [6, 6.07) is 6.04. The first-order chi connectivity index (χ1) is 9.20. The third kappa shape index (κ3) is 1.88. The first-order valence-corrected chi connectivity index (χ1v) is 6.54. The lowest BCUT2D eigenvalue weighted by Crippen LogP contribution is -2.24. The molecule has 0 aliphatic heterocycles. The zero-order valence-corrected chi connectivity index (χ0v) is 10.9. The monoisotopic (exact) mass is 254 g/mol. The van der Waals surface area contributed by atoms with Crippen molar-refractivity contribution >= 4 is 5.82 Å². The van der Waals surface area contributed by atoms with Crippen LogP contribution in [0.25, 0.3) is 11.3 Å². The van der Waals surface area contributed by atoms with Crippen molar-refractivity contribution in [3.05, 3.63) is 34.7 Å². The summed E-state index contributed by atoms with van der Waals surface area (Å²) in [6.07, 6.45) is 4.25. The molecular weight excluding hydrogens is 238 g/mol. The number of H-pyrrole nitrogens is 1. The highest BCUT2D eigenvalue weighted by molar-refractivity contribution is 5.74. The van der Waals surface area contributed by atoms with Gasteiger partial charge in [-0.2, -0.15) is 5.26 Å². The molecule has 0 spiro atoms. The Labute approximate surface area is 111 Å². The molecule has 4 nitrogen and oxygen atoms in total. The van der Waals surface area contributed by atoms with E-state index in [4.69, 9.17) is 10.2 Å². The summed E-state index contributed by atoms with van der Waals surface area (Å²) in [7, 11) is 0. The van der Waals surface area contributed by atoms with E-state index < -0.39 is 0 Å². The van der Waals surface area contributed by atoms with Gasteiger partial charge in [0.1, 0.15) is 23.3 Å². The summed E-state index contributed by atoms with van der Waals surface area (Å²) < 4.78 is 5.71. The Hall–Kier alpha value is -2.28. The van der Waals surface area contributed by atoms with E-state index in [1.165, 1.54) is 5.56 Å². The van der Waals surface area contributed by atoms with Gasteiger partial charge >= 0.3 is 0 Å². The number of pyridine rings is 1. The Morgan fingerprint density at radius 2 is 2.11 bits per heavy atom. The molecule has 0 aromatic carbocycles. The van der Waals surface area contributed by atoms with Crippen LogP contribution in [0, 0.1) is 18.3 Å². The number of aryl methyl sites for hydroxylation is 2. The summed E-state index contributed by atoms with van der Waals surface area (Å²) >= 11 is 0. The number of hydrogen-bond donors (Lipinski definition) is 1. The van der Waals surface area contributed by atoms with Crippen molar-refractivity contribution in [2.45, 2.75) is 32.6 Å². The maximum atomic E-state index is 9.38. The Bertz CT molecular complexity index is 679. The third-order valence-corrected chi connectivity index (χ3v) is 3.67. The van der Waals surface area contributed by atoms with Gasteiger partial charge in [-0.05, 0) is 38.3 Å². The van der Waals surface area contributed by atoms with Gasteiger partial charge in [0.05, 0.1) is 5.56 Å². The average molecular weight is 254 g/mol. The summed E-state index contributed by atoms with van der Waals surface area (Å²) in [5, 5.41) is 9.38. The highest BCUT2D eigenvalue weighted by Gasteiger charge is 2.26. The second kappa shape index (κ2) is 4.43. The molecule has 0 atom stereocenters. The summed E-state index contributed by atoms with van der Waals surface area (Å²) in [4.78, 5) is 3.18. The van der Waals surface area contributed by atoms with Crippen LogP contribution in [-0.2, 0) is 12.8 Å². The van der Waals surface area contributed by atoms with Crippen LogP contribution in [0.4, 0.5) is 5.82 Å². The lowest BCUT2D eigenvalue weighted by atomic mass is 9.89. The van der Waals surface area contributed by atoms with Crippen LogP contribution in [0.3, 0.4) is 0 Å². The number of fused-ring (bicyclic) bond motifs is 1. The van der Waals surface area contributed by atoms with Gasteiger partial charge in [0, 0.05) is 12.0 Å². The maximum absolute atomic E-state index is 9.38. The number of anilines is 1.